The predicted molar refractivity (Wildman–Crippen MR) is 87.7 cm³/mol. The normalized spacial score (nSPS) is 13.8. The van der Waals surface area contributed by atoms with E-state index >= 15 is 0 Å². The Bertz CT molecular complexity index is 704. The second-order valence-corrected chi connectivity index (χ2v) is 6.41. The van der Waals surface area contributed by atoms with E-state index < -0.39 is 0 Å². The van der Waals surface area contributed by atoms with Crippen molar-refractivity contribution in [1.82, 2.24) is 14.9 Å². The van der Waals surface area contributed by atoms with E-state index in [-0.39, 0.29) is 11.9 Å². The first-order valence-corrected chi connectivity index (χ1v) is 8.29. The number of rotatable bonds is 3. The number of carbonyl (C=O) groups excluding carboxylic acids is 1. The van der Waals surface area contributed by atoms with E-state index in [9.17, 15) is 4.79 Å². The largest absolute Gasteiger partial charge is 0.368 e. The van der Waals surface area contributed by atoms with Gasteiger partial charge in [-0.2, -0.15) is 0 Å². The number of nitrogen functional groups attached to an aromatic ring is 1. The van der Waals surface area contributed by atoms with E-state index in [1.54, 1.807) is 18.0 Å². The molecule has 1 aliphatic heterocycles. The lowest BCUT2D eigenvalue weighted by molar-refractivity contribution is 0.0728. The molecule has 0 radical (unpaired) electrons. The van der Waals surface area contributed by atoms with Gasteiger partial charge in [-0.25, -0.2) is 9.97 Å². The SMILES string of the molecule is CCSc1ccccc1C(=O)N1CCc2cnc(N)nc2C1. The smallest absolute Gasteiger partial charge is 0.255 e. The molecule has 0 fully saturated rings. The Kier molecular flexibility index (Phi) is 4.29. The number of nitrogens with zero attached hydrogens (tertiary/aromatic N) is 3. The number of amides is 1. The summed E-state index contributed by atoms with van der Waals surface area (Å²) in [6, 6.07) is 7.77. The third-order valence-electron chi connectivity index (χ3n) is 3.67. The molecule has 2 N–H and O–H groups in total. The number of anilines is 1. The maximum Gasteiger partial charge on any atom is 0.255 e. The Balaban J connectivity index is 1.85. The van der Waals surface area contributed by atoms with Crippen molar-refractivity contribution >= 4 is 23.6 Å². The van der Waals surface area contributed by atoms with Crippen LogP contribution in [0.1, 0.15) is 28.5 Å². The average Bonchev–Trinajstić information content (AvgIpc) is 2.54. The number of hydrogen-bond acceptors (Lipinski definition) is 5. The third kappa shape index (κ3) is 2.92. The van der Waals surface area contributed by atoms with Gasteiger partial charge in [-0.1, -0.05) is 19.1 Å². The van der Waals surface area contributed by atoms with Crippen LogP contribution in [0.2, 0.25) is 0 Å². The van der Waals surface area contributed by atoms with Gasteiger partial charge >= 0.3 is 0 Å². The van der Waals surface area contributed by atoms with Crippen LogP contribution < -0.4 is 5.73 Å². The van der Waals surface area contributed by atoms with Crippen LogP contribution in [-0.4, -0.2) is 33.1 Å². The molecule has 0 saturated heterocycles. The summed E-state index contributed by atoms with van der Waals surface area (Å²) in [5.74, 6) is 1.26. The molecule has 3 rings (SSSR count). The second-order valence-electron chi connectivity index (χ2n) is 5.11. The molecule has 0 bridgehead atoms. The highest BCUT2D eigenvalue weighted by Gasteiger charge is 2.24. The number of thioether (sulfide) groups is 1. The highest BCUT2D eigenvalue weighted by molar-refractivity contribution is 7.99. The number of benzene rings is 1. The molecule has 1 aliphatic rings. The Morgan fingerprint density at radius 1 is 1.41 bits per heavy atom. The lowest BCUT2D eigenvalue weighted by Crippen LogP contribution is -2.37. The zero-order valence-corrected chi connectivity index (χ0v) is 13.3. The highest BCUT2D eigenvalue weighted by atomic mass is 32.2. The van der Waals surface area contributed by atoms with Gasteiger partial charge in [-0.05, 0) is 29.9 Å². The monoisotopic (exact) mass is 314 g/mol. The molecule has 1 aromatic carbocycles. The van der Waals surface area contributed by atoms with Crippen molar-refractivity contribution in [1.29, 1.82) is 0 Å². The maximum atomic E-state index is 12.8. The van der Waals surface area contributed by atoms with Gasteiger partial charge < -0.3 is 10.6 Å². The molecule has 2 aromatic rings. The van der Waals surface area contributed by atoms with Gasteiger partial charge in [0.2, 0.25) is 5.95 Å². The van der Waals surface area contributed by atoms with E-state index in [1.165, 1.54) is 0 Å². The fourth-order valence-corrected chi connectivity index (χ4v) is 3.38. The predicted octanol–water partition coefficient (Wildman–Crippen LogP) is 2.37. The highest BCUT2D eigenvalue weighted by Crippen LogP contribution is 2.25. The van der Waals surface area contributed by atoms with Gasteiger partial charge in [-0.15, -0.1) is 11.8 Å². The van der Waals surface area contributed by atoms with Crippen molar-refractivity contribution in [2.75, 3.05) is 18.0 Å². The molecule has 6 heteroatoms. The summed E-state index contributed by atoms with van der Waals surface area (Å²) >= 11 is 1.69. The first kappa shape index (κ1) is 14.8. The van der Waals surface area contributed by atoms with E-state index in [2.05, 4.69) is 16.9 Å². The Hall–Kier alpha value is -2.08. The number of carbonyl (C=O) groups is 1. The summed E-state index contributed by atoms with van der Waals surface area (Å²) in [6.45, 7) is 3.26. The van der Waals surface area contributed by atoms with Crippen molar-refractivity contribution < 1.29 is 4.79 Å². The first-order valence-electron chi connectivity index (χ1n) is 7.30. The minimum atomic E-state index is 0.0550. The molecule has 22 heavy (non-hydrogen) atoms. The molecule has 0 aliphatic carbocycles. The van der Waals surface area contributed by atoms with Gasteiger partial charge in [0, 0.05) is 17.6 Å². The summed E-state index contributed by atoms with van der Waals surface area (Å²) in [5.41, 5.74) is 8.35. The Morgan fingerprint density at radius 3 is 3.05 bits per heavy atom. The fourth-order valence-electron chi connectivity index (χ4n) is 2.59. The lowest BCUT2D eigenvalue weighted by atomic mass is 10.1. The summed E-state index contributed by atoms with van der Waals surface area (Å²) in [7, 11) is 0. The topological polar surface area (TPSA) is 72.1 Å². The molecule has 2 heterocycles. The van der Waals surface area contributed by atoms with Crippen LogP contribution >= 0.6 is 11.8 Å². The number of nitrogens with two attached hydrogens (primary N) is 1. The number of aromatic nitrogens is 2. The lowest BCUT2D eigenvalue weighted by Gasteiger charge is -2.28. The van der Waals surface area contributed by atoms with Gasteiger partial charge in [-0.3, -0.25) is 4.79 Å². The van der Waals surface area contributed by atoms with Crippen LogP contribution in [0.5, 0.6) is 0 Å². The van der Waals surface area contributed by atoms with Gasteiger partial charge in [0.05, 0.1) is 17.8 Å². The van der Waals surface area contributed by atoms with Crippen LogP contribution in [0.3, 0.4) is 0 Å². The first-order chi connectivity index (χ1) is 10.7. The minimum Gasteiger partial charge on any atom is -0.368 e. The Morgan fingerprint density at radius 2 is 2.23 bits per heavy atom. The van der Waals surface area contributed by atoms with Gasteiger partial charge in [0.15, 0.2) is 0 Å². The molecule has 0 atom stereocenters. The molecule has 114 valence electrons. The molecule has 1 aromatic heterocycles. The maximum absolute atomic E-state index is 12.8. The summed E-state index contributed by atoms with van der Waals surface area (Å²) in [5, 5.41) is 0. The van der Waals surface area contributed by atoms with Crippen LogP contribution in [0, 0.1) is 0 Å². The number of hydrogen-bond donors (Lipinski definition) is 1. The minimum absolute atomic E-state index is 0.0550. The van der Waals surface area contributed by atoms with E-state index in [0.29, 0.717) is 13.1 Å². The molecule has 5 nitrogen and oxygen atoms in total. The van der Waals surface area contributed by atoms with Crippen LogP contribution in [0.15, 0.2) is 35.4 Å². The van der Waals surface area contributed by atoms with Crippen LogP contribution in [0.4, 0.5) is 5.95 Å². The van der Waals surface area contributed by atoms with Crippen molar-refractivity contribution in [3.63, 3.8) is 0 Å². The van der Waals surface area contributed by atoms with Crippen molar-refractivity contribution in [3.8, 4) is 0 Å². The molecular formula is C16H18N4OS. The van der Waals surface area contributed by atoms with Gasteiger partial charge in [0.1, 0.15) is 0 Å². The standard InChI is InChI=1S/C16H18N4OS/c1-2-22-14-6-4-3-5-12(14)15(21)20-8-7-11-9-18-16(17)19-13(11)10-20/h3-6,9H,2,7-8,10H2,1H3,(H2,17,18,19). The zero-order chi connectivity index (χ0) is 15.5. The van der Waals surface area contributed by atoms with Crippen molar-refractivity contribution in [3.05, 3.63) is 47.3 Å². The van der Waals surface area contributed by atoms with E-state index in [0.717, 1.165) is 33.9 Å². The number of fused-ring (bicyclic) bond motifs is 1. The van der Waals surface area contributed by atoms with Crippen molar-refractivity contribution in [2.24, 2.45) is 0 Å². The zero-order valence-electron chi connectivity index (χ0n) is 12.5. The van der Waals surface area contributed by atoms with Gasteiger partial charge in [0.25, 0.3) is 5.91 Å². The third-order valence-corrected chi connectivity index (χ3v) is 4.62. The van der Waals surface area contributed by atoms with Crippen LogP contribution in [-0.2, 0) is 13.0 Å². The summed E-state index contributed by atoms with van der Waals surface area (Å²) < 4.78 is 0. The summed E-state index contributed by atoms with van der Waals surface area (Å²) in [4.78, 5) is 24.0. The molecule has 0 unspecified atom stereocenters. The second kappa shape index (κ2) is 6.36. The average molecular weight is 314 g/mol. The molecule has 0 spiro atoms. The van der Waals surface area contributed by atoms with E-state index in [4.69, 9.17) is 5.73 Å². The fraction of sp³-hybridized carbons (Fsp3) is 0.312. The molecular weight excluding hydrogens is 296 g/mol. The quantitative estimate of drug-likeness (QED) is 0.881. The molecule has 0 saturated carbocycles. The Labute approximate surface area is 133 Å². The molecule has 1 amide bonds. The van der Waals surface area contributed by atoms with Crippen molar-refractivity contribution in [2.45, 2.75) is 24.8 Å². The van der Waals surface area contributed by atoms with Crippen LogP contribution in [0.25, 0.3) is 0 Å². The van der Waals surface area contributed by atoms with E-state index in [1.807, 2.05) is 29.2 Å². The summed E-state index contributed by atoms with van der Waals surface area (Å²) in [6.07, 6.45) is 2.53.